The highest BCUT2D eigenvalue weighted by Crippen LogP contribution is 2.28. The zero-order valence-corrected chi connectivity index (χ0v) is 31.4. The van der Waals surface area contributed by atoms with E-state index in [2.05, 4.69) is 48.5 Å². The summed E-state index contributed by atoms with van der Waals surface area (Å²) in [5, 5.41) is 0. The van der Waals surface area contributed by atoms with Crippen LogP contribution in [0.4, 0.5) is 0 Å². The van der Waals surface area contributed by atoms with Crippen molar-refractivity contribution in [1.29, 1.82) is 0 Å². The SMILES string of the molecule is CO[Si](CCC[N+](CCC[Si](OC)(OC)OC)(CCC[Si](OC)(OC)OC)Cc1ccc(-c2ccccc2)cc1)(OC)OC. The lowest BCUT2D eigenvalue weighted by atomic mass is 10.0. The lowest BCUT2D eigenvalue weighted by molar-refractivity contribution is -0.941. The molecule has 0 aliphatic rings. The molecule has 0 aliphatic carbocycles. The monoisotopic (exact) mass is 670 g/mol. The van der Waals surface area contributed by atoms with E-state index in [0.717, 1.165) is 68.1 Å². The van der Waals surface area contributed by atoms with Crippen LogP contribution < -0.4 is 0 Å². The van der Waals surface area contributed by atoms with Gasteiger partial charge in [-0.25, -0.2) is 0 Å². The van der Waals surface area contributed by atoms with Gasteiger partial charge >= 0.3 is 26.4 Å². The van der Waals surface area contributed by atoms with Gasteiger partial charge in [0.1, 0.15) is 6.54 Å². The van der Waals surface area contributed by atoms with Crippen LogP contribution in [0.1, 0.15) is 24.8 Å². The molecule has 13 heteroatoms. The third-order valence-electron chi connectivity index (χ3n) is 8.72. The van der Waals surface area contributed by atoms with Crippen LogP contribution in [0.25, 0.3) is 11.1 Å². The molecule has 2 aromatic rings. The number of hydrogen-bond acceptors (Lipinski definition) is 9. The van der Waals surface area contributed by atoms with Crippen LogP contribution in [0.5, 0.6) is 0 Å². The summed E-state index contributed by atoms with van der Waals surface area (Å²) in [6.45, 7) is 3.59. The first-order chi connectivity index (χ1) is 21.2. The Kier molecular flexibility index (Phi) is 17.1. The van der Waals surface area contributed by atoms with E-state index in [4.69, 9.17) is 39.8 Å². The number of rotatable bonds is 24. The molecule has 250 valence electrons. The van der Waals surface area contributed by atoms with Crippen molar-refractivity contribution in [3.05, 3.63) is 60.2 Å². The Hall–Kier alpha value is -1.31. The molecule has 44 heavy (non-hydrogen) atoms. The molecule has 0 heterocycles. The Balaban J connectivity index is 2.42. The molecule has 0 aromatic heterocycles. The van der Waals surface area contributed by atoms with E-state index < -0.39 is 26.4 Å². The topological polar surface area (TPSA) is 83.1 Å². The quantitative estimate of drug-likeness (QED) is 0.107. The molecule has 0 saturated carbocycles. The Morgan fingerprint density at radius 1 is 0.432 bits per heavy atom. The first-order valence-corrected chi connectivity index (χ1v) is 21.0. The van der Waals surface area contributed by atoms with Crippen molar-refractivity contribution < 1.29 is 44.3 Å². The molecule has 10 nitrogen and oxygen atoms in total. The zero-order chi connectivity index (χ0) is 32.5. The van der Waals surface area contributed by atoms with Gasteiger partial charge in [0, 0.05) is 107 Å². The summed E-state index contributed by atoms with van der Waals surface area (Å²) in [7, 11) is 6.86. The van der Waals surface area contributed by atoms with Gasteiger partial charge in [-0.3, -0.25) is 0 Å². The first-order valence-electron chi connectivity index (χ1n) is 15.2. The van der Waals surface area contributed by atoms with E-state index in [-0.39, 0.29) is 0 Å². The van der Waals surface area contributed by atoms with Crippen molar-refractivity contribution >= 4 is 26.4 Å². The maximum atomic E-state index is 5.76. The zero-order valence-electron chi connectivity index (χ0n) is 28.4. The number of quaternary nitrogens is 1. The van der Waals surface area contributed by atoms with Crippen molar-refractivity contribution in [2.75, 3.05) is 83.6 Å². The maximum Gasteiger partial charge on any atom is 0.500 e. The minimum atomic E-state index is -2.73. The number of benzene rings is 2. The largest absolute Gasteiger partial charge is 0.500 e. The predicted octanol–water partition coefficient (Wildman–Crippen LogP) is 5.48. The van der Waals surface area contributed by atoms with Crippen molar-refractivity contribution in [3.8, 4) is 11.1 Å². The van der Waals surface area contributed by atoms with E-state index in [1.54, 1.807) is 64.0 Å². The summed E-state index contributed by atoms with van der Waals surface area (Å²) >= 11 is 0. The molecule has 0 bridgehead atoms. The summed E-state index contributed by atoms with van der Waals surface area (Å²) < 4.78 is 52.7. The van der Waals surface area contributed by atoms with E-state index in [9.17, 15) is 0 Å². The molecule has 0 spiro atoms. The summed E-state index contributed by atoms with van der Waals surface area (Å²) in [5.41, 5.74) is 3.69. The van der Waals surface area contributed by atoms with Crippen LogP contribution in [0.15, 0.2) is 54.6 Å². The third-order valence-corrected chi connectivity index (χ3v) is 17.2. The van der Waals surface area contributed by atoms with Crippen molar-refractivity contribution in [2.45, 2.75) is 43.9 Å². The Bertz CT molecular complexity index is 948. The fraction of sp³-hybridized carbons (Fsp3) is 0.613. The molecular weight excluding hydrogens is 615 g/mol. The van der Waals surface area contributed by atoms with Gasteiger partial charge in [0.2, 0.25) is 0 Å². The second-order valence-electron chi connectivity index (χ2n) is 10.9. The molecule has 0 radical (unpaired) electrons. The van der Waals surface area contributed by atoms with Gasteiger partial charge in [0.05, 0.1) is 19.6 Å². The van der Waals surface area contributed by atoms with Crippen LogP contribution in [0.2, 0.25) is 18.1 Å². The minimum Gasteiger partial charge on any atom is -0.377 e. The van der Waals surface area contributed by atoms with E-state index in [1.165, 1.54) is 16.7 Å². The fourth-order valence-corrected chi connectivity index (χ4v) is 11.1. The lowest BCUT2D eigenvalue weighted by Crippen LogP contribution is -2.52. The average Bonchev–Trinajstić information content (AvgIpc) is 3.08. The maximum absolute atomic E-state index is 5.76. The molecule has 0 atom stereocenters. The first kappa shape index (κ1) is 38.9. The van der Waals surface area contributed by atoms with Crippen LogP contribution >= 0.6 is 0 Å². The smallest absolute Gasteiger partial charge is 0.377 e. The molecule has 0 fully saturated rings. The molecule has 2 aromatic carbocycles. The number of hydrogen-bond donors (Lipinski definition) is 0. The molecule has 0 aliphatic heterocycles. The van der Waals surface area contributed by atoms with Gasteiger partial charge in [-0.05, 0) is 11.1 Å². The van der Waals surface area contributed by atoms with Crippen LogP contribution in [0, 0.1) is 0 Å². The lowest BCUT2D eigenvalue weighted by Gasteiger charge is -2.41. The van der Waals surface area contributed by atoms with Crippen LogP contribution in [0.3, 0.4) is 0 Å². The normalized spacial score (nSPS) is 13.0. The molecule has 2 rings (SSSR count). The van der Waals surface area contributed by atoms with E-state index in [1.807, 2.05) is 6.07 Å². The molecule has 0 unspecified atom stereocenters. The van der Waals surface area contributed by atoms with E-state index >= 15 is 0 Å². The van der Waals surface area contributed by atoms with Crippen LogP contribution in [-0.4, -0.2) is 115 Å². The van der Waals surface area contributed by atoms with Crippen molar-refractivity contribution in [1.82, 2.24) is 0 Å². The second-order valence-corrected chi connectivity index (χ2v) is 20.2. The van der Waals surface area contributed by atoms with Crippen LogP contribution in [-0.2, 0) is 46.4 Å². The summed E-state index contributed by atoms with van der Waals surface area (Å²) in [5.74, 6) is 0. The summed E-state index contributed by atoms with van der Waals surface area (Å²) in [4.78, 5) is 0. The summed E-state index contributed by atoms with van der Waals surface area (Å²) in [6, 6.07) is 21.6. The minimum absolute atomic E-state index is 0.725. The molecule has 0 amide bonds. The standard InChI is InChI=1S/C31H56NO9Si3/c1-33-42(34-2,35-3)25-13-22-32(23-14-26-43(36-4,37-5)38-6,24-15-27-44(39-7,40-8)41-9)28-29-18-20-31(21-19-29)30-16-11-10-12-17-30/h10-12,16-21H,13-15,22-28H2,1-9H3/q+1. The predicted molar refractivity (Wildman–Crippen MR) is 179 cm³/mol. The van der Waals surface area contributed by atoms with Gasteiger partial charge < -0.3 is 44.3 Å². The van der Waals surface area contributed by atoms with Crippen molar-refractivity contribution in [3.63, 3.8) is 0 Å². The van der Waals surface area contributed by atoms with Gasteiger partial charge in [0.25, 0.3) is 0 Å². The van der Waals surface area contributed by atoms with Gasteiger partial charge in [-0.1, -0.05) is 54.6 Å². The highest BCUT2D eigenvalue weighted by Gasteiger charge is 2.42. The highest BCUT2D eigenvalue weighted by molar-refractivity contribution is 6.61. The van der Waals surface area contributed by atoms with E-state index in [0.29, 0.717) is 0 Å². The Morgan fingerprint density at radius 2 is 0.750 bits per heavy atom. The van der Waals surface area contributed by atoms with Gasteiger partial charge in [0.15, 0.2) is 0 Å². The third kappa shape index (κ3) is 10.9. The molecule has 0 saturated heterocycles. The highest BCUT2D eigenvalue weighted by atomic mass is 28.4. The molecule has 0 N–H and O–H groups in total. The van der Waals surface area contributed by atoms with Gasteiger partial charge in [-0.15, -0.1) is 0 Å². The van der Waals surface area contributed by atoms with Gasteiger partial charge in [-0.2, -0.15) is 0 Å². The Labute approximate surface area is 269 Å². The number of nitrogens with zero attached hydrogens (tertiary/aromatic N) is 1. The fourth-order valence-electron chi connectivity index (χ4n) is 5.95. The molecular formula is C31H56NO9Si3+. The van der Waals surface area contributed by atoms with Crippen molar-refractivity contribution in [2.24, 2.45) is 0 Å². The summed E-state index contributed by atoms with van der Waals surface area (Å²) in [6.07, 6.45) is 2.64. The average molecular weight is 671 g/mol. The Morgan fingerprint density at radius 3 is 1.07 bits per heavy atom. The second kappa shape index (κ2) is 19.4.